The number of hydrogen-bond acceptors (Lipinski definition) is 3. The van der Waals surface area contributed by atoms with Crippen molar-refractivity contribution in [2.45, 2.75) is 38.6 Å². The van der Waals surface area contributed by atoms with Gasteiger partial charge in [-0.3, -0.25) is 0 Å². The van der Waals surface area contributed by atoms with E-state index in [1.165, 1.54) is 11.3 Å². The zero-order chi connectivity index (χ0) is 13.7. The maximum Gasteiger partial charge on any atom is 0.0991 e. The lowest BCUT2D eigenvalue weighted by Crippen LogP contribution is -2.26. The van der Waals surface area contributed by atoms with Crippen LogP contribution in [-0.2, 0) is 4.74 Å². The van der Waals surface area contributed by atoms with Crippen LogP contribution in [0.3, 0.4) is 0 Å². The van der Waals surface area contributed by atoms with E-state index in [0.29, 0.717) is 6.04 Å². The maximum atomic E-state index is 6.31. The van der Waals surface area contributed by atoms with E-state index >= 15 is 0 Å². The Morgan fingerprint density at radius 2 is 2.16 bits per heavy atom. The van der Waals surface area contributed by atoms with Crippen LogP contribution in [0.25, 0.3) is 0 Å². The summed E-state index contributed by atoms with van der Waals surface area (Å²) in [6.07, 6.45) is 4.55. The molecule has 2 heterocycles. The van der Waals surface area contributed by atoms with Gasteiger partial charge in [-0.15, -0.1) is 11.3 Å². The van der Waals surface area contributed by atoms with Gasteiger partial charge in [0.25, 0.3) is 0 Å². The van der Waals surface area contributed by atoms with Gasteiger partial charge in [-0.25, -0.2) is 0 Å². The summed E-state index contributed by atoms with van der Waals surface area (Å²) in [4.78, 5) is 0. The molecule has 2 nitrogen and oxygen atoms in total. The van der Waals surface area contributed by atoms with Crippen molar-refractivity contribution < 1.29 is 4.74 Å². The molecule has 1 saturated heterocycles. The first-order chi connectivity index (χ1) is 9.20. The largest absolute Gasteiger partial charge is 0.381 e. The van der Waals surface area contributed by atoms with Crippen LogP contribution in [0.2, 0.25) is 8.67 Å². The summed E-state index contributed by atoms with van der Waals surface area (Å²) in [5, 5.41) is 3.61. The Morgan fingerprint density at radius 3 is 2.74 bits per heavy atom. The Labute approximate surface area is 129 Å². The van der Waals surface area contributed by atoms with Crippen LogP contribution in [0.4, 0.5) is 0 Å². The smallest absolute Gasteiger partial charge is 0.0991 e. The average molecular weight is 322 g/mol. The third-order valence-corrected chi connectivity index (χ3v) is 5.13. The Morgan fingerprint density at radius 1 is 1.42 bits per heavy atom. The maximum absolute atomic E-state index is 6.31. The van der Waals surface area contributed by atoms with Crippen LogP contribution in [0.15, 0.2) is 6.07 Å². The molecule has 1 aliphatic rings. The first kappa shape index (κ1) is 15.6. The topological polar surface area (TPSA) is 21.3 Å². The van der Waals surface area contributed by atoms with Crippen LogP contribution in [-0.4, -0.2) is 19.8 Å². The van der Waals surface area contributed by atoms with Crippen molar-refractivity contribution in [1.82, 2.24) is 5.32 Å². The summed E-state index contributed by atoms with van der Waals surface area (Å²) in [6, 6.07) is 2.33. The highest BCUT2D eigenvalue weighted by Crippen LogP contribution is 2.38. The van der Waals surface area contributed by atoms with Crippen molar-refractivity contribution >= 4 is 34.5 Å². The van der Waals surface area contributed by atoms with Gasteiger partial charge in [-0.05, 0) is 44.2 Å². The lowest BCUT2D eigenvalue weighted by atomic mass is 9.90. The molecule has 1 N–H and O–H groups in total. The van der Waals surface area contributed by atoms with E-state index in [-0.39, 0.29) is 0 Å². The summed E-state index contributed by atoms with van der Waals surface area (Å²) >= 11 is 13.8. The van der Waals surface area contributed by atoms with Crippen LogP contribution >= 0.6 is 34.5 Å². The molecule has 1 aromatic heterocycles. The average Bonchev–Trinajstić information content (AvgIpc) is 2.75. The summed E-state index contributed by atoms with van der Waals surface area (Å²) in [5.41, 5.74) is 1.16. The van der Waals surface area contributed by atoms with Crippen LogP contribution < -0.4 is 5.32 Å². The molecule has 0 radical (unpaired) electrons. The molecular formula is C14H21Cl2NOS. The van der Waals surface area contributed by atoms with Crippen molar-refractivity contribution in [2.24, 2.45) is 5.92 Å². The van der Waals surface area contributed by atoms with Crippen LogP contribution in [0, 0.1) is 5.92 Å². The number of halogens is 2. The molecule has 1 unspecified atom stereocenters. The van der Waals surface area contributed by atoms with Gasteiger partial charge in [0.1, 0.15) is 0 Å². The van der Waals surface area contributed by atoms with Crippen molar-refractivity contribution in [2.75, 3.05) is 19.8 Å². The first-order valence-corrected chi connectivity index (χ1v) is 8.53. The van der Waals surface area contributed by atoms with E-state index < -0.39 is 0 Å². The standard InChI is InChI=1S/C14H21Cl2NOS/c1-2-5-17-12(8-10-3-6-18-7-4-10)11-9-13(15)19-14(11)16/h9-10,12,17H,2-8H2,1H3. The van der Waals surface area contributed by atoms with E-state index in [9.17, 15) is 0 Å². The molecule has 0 aromatic carbocycles. The minimum absolute atomic E-state index is 0.319. The molecule has 5 heteroatoms. The quantitative estimate of drug-likeness (QED) is 0.803. The molecule has 1 fully saturated rings. The highest BCUT2D eigenvalue weighted by atomic mass is 35.5. The molecular weight excluding hydrogens is 301 g/mol. The summed E-state index contributed by atoms with van der Waals surface area (Å²) in [6.45, 7) is 4.98. The zero-order valence-electron chi connectivity index (χ0n) is 11.3. The Hall–Kier alpha value is 0.200. The first-order valence-electron chi connectivity index (χ1n) is 6.96. The van der Waals surface area contributed by atoms with Gasteiger partial charge in [0.2, 0.25) is 0 Å². The molecule has 0 amide bonds. The highest BCUT2D eigenvalue weighted by Gasteiger charge is 2.23. The van der Waals surface area contributed by atoms with Gasteiger partial charge in [-0.1, -0.05) is 30.1 Å². The minimum atomic E-state index is 0.319. The molecule has 1 aliphatic heterocycles. The van der Waals surface area contributed by atoms with Crippen molar-refractivity contribution in [3.63, 3.8) is 0 Å². The van der Waals surface area contributed by atoms with Crippen molar-refractivity contribution in [3.8, 4) is 0 Å². The predicted octanol–water partition coefficient (Wildman–Crippen LogP) is 4.91. The van der Waals surface area contributed by atoms with Gasteiger partial charge in [0.05, 0.1) is 8.67 Å². The monoisotopic (exact) mass is 321 g/mol. The summed E-state index contributed by atoms with van der Waals surface area (Å²) in [7, 11) is 0. The fourth-order valence-corrected chi connectivity index (χ4v) is 4.12. The fourth-order valence-electron chi connectivity index (χ4n) is 2.54. The summed E-state index contributed by atoms with van der Waals surface area (Å²) in [5.74, 6) is 0.720. The Bertz CT molecular complexity index is 391. The molecule has 0 aliphatic carbocycles. The summed E-state index contributed by atoms with van der Waals surface area (Å²) < 4.78 is 7.03. The highest BCUT2D eigenvalue weighted by molar-refractivity contribution is 7.20. The number of ether oxygens (including phenoxy) is 1. The molecule has 1 aromatic rings. The van der Waals surface area contributed by atoms with E-state index in [4.69, 9.17) is 27.9 Å². The SMILES string of the molecule is CCCNC(CC1CCOCC1)c1cc(Cl)sc1Cl. The normalized spacial score (nSPS) is 18.7. The number of nitrogens with one attached hydrogen (secondary N) is 1. The number of rotatable bonds is 6. The fraction of sp³-hybridized carbons (Fsp3) is 0.714. The Balaban J connectivity index is 2.04. The second kappa shape index (κ2) is 7.84. The van der Waals surface area contributed by atoms with Gasteiger partial charge in [-0.2, -0.15) is 0 Å². The minimum Gasteiger partial charge on any atom is -0.381 e. The van der Waals surface area contributed by atoms with E-state index in [1.807, 2.05) is 6.07 Å². The lowest BCUT2D eigenvalue weighted by Gasteiger charge is -2.27. The lowest BCUT2D eigenvalue weighted by molar-refractivity contribution is 0.0605. The van der Waals surface area contributed by atoms with Crippen molar-refractivity contribution in [1.29, 1.82) is 0 Å². The molecule has 0 saturated carbocycles. The van der Waals surface area contributed by atoms with E-state index in [2.05, 4.69) is 12.2 Å². The molecule has 19 heavy (non-hydrogen) atoms. The third-order valence-electron chi connectivity index (χ3n) is 3.61. The van der Waals surface area contributed by atoms with Gasteiger partial charge in [0, 0.05) is 24.8 Å². The van der Waals surface area contributed by atoms with E-state index in [0.717, 1.165) is 65.6 Å². The van der Waals surface area contributed by atoms with Gasteiger partial charge < -0.3 is 10.1 Å². The zero-order valence-corrected chi connectivity index (χ0v) is 13.6. The molecule has 108 valence electrons. The van der Waals surface area contributed by atoms with Crippen LogP contribution in [0.1, 0.15) is 44.2 Å². The Kier molecular flexibility index (Phi) is 6.43. The molecule has 0 bridgehead atoms. The van der Waals surface area contributed by atoms with E-state index in [1.54, 1.807) is 0 Å². The van der Waals surface area contributed by atoms with Gasteiger partial charge >= 0.3 is 0 Å². The van der Waals surface area contributed by atoms with Gasteiger partial charge in [0.15, 0.2) is 0 Å². The molecule has 2 rings (SSSR count). The molecule has 1 atom stereocenters. The number of hydrogen-bond donors (Lipinski definition) is 1. The van der Waals surface area contributed by atoms with Crippen molar-refractivity contribution in [3.05, 3.63) is 20.3 Å². The predicted molar refractivity (Wildman–Crippen MR) is 83.5 cm³/mol. The third kappa shape index (κ3) is 4.61. The molecule has 0 spiro atoms. The second-order valence-corrected chi connectivity index (χ2v) is 7.36. The van der Waals surface area contributed by atoms with Crippen LogP contribution in [0.5, 0.6) is 0 Å². The second-order valence-electron chi connectivity index (χ2n) is 5.08. The number of thiophene rings is 1.